The Bertz CT molecular complexity index is 2200. The van der Waals surface area contributed by atoms with Gasteiger partial charge in [0.25, 0.3) is 10.0 Å². The van der Waals surface area contributed by atoms with E-state index in [0.717, 1.165) is 12.1 Å². The summed E-state index contributed by atoms with van der Waals surface area (Å²) in [6, 6.07) is 6.98. The number of hydrogen-bond acceptors (Lipinski definition) is 11. The number of alkyl halides is 3. The molecule has 2 atom stereocenters. The predicted molar refractivity (Wildman–Crippen MR) is 183 cm³/mol. The summed E-state index contributed by atoms with van der Waals surface area (Å²) in [5.74, 6) is -2.19. The molecular weight excluding hydrogens is 738 g/mol. The number of nitrogens with zero attached hydrogens (tertiary/aromatic N) is 4. The molecule has 3 aliphatic rings. The Balaban J connectivity index is 1.26. The van der Waals surface area contributed by atoms with Gasteiger partial charge < -0.3 is 15.5 Å². The summed E-state index contributed by atoms with van der Waals surface area (Å²) in [6.07, 6.45) is -2.39. The molecule has 1 aliphatic carbocycles. The van der Waals surface area contributed by atoms with E-state index in [0.29, 0.717) is 53.8 Å². The highest BCUT2D eigenvalue weighted by molar-refractivity contribution is 7.93. The van der Waals surface area contributed by atoms with Crippen molar-refractivity contribution < 1.29 is 38.8 Å². The normalized spacial score (nSPS) is 21.6. The minimum Gasteiger partial charge on any atom is -0.351 e. The number of rotatable bonds is 8. The van der Waals surface area contributed by atoms with Crippen molar-refractivity contribution in [1.29, 1.82) is 0 Å². The molecule has 51 heavy (non-hydrogen) atoms. The maximum absolute atomic E-state index is 16.4. The average molecular weight is 770 g/mol. The smallest absolute Gasteiger partial charge is 0.351 e. The van der Waals surface area contributed by atoms with Crippen LogP contribution in [0.2, 0.25) is 0 Å². The molecule has 2 aromatic carbocycles. The predicted octanol–water partition coefficient (Wildman–Crippen LogP) is 5.54. The van der Waals surface area contributed by atoms with Crippen LogP contribution in [0.15, 0.2) is 53.6 Å². The van der Waals surface area contributed by atoms with Crippen LogP contribution < -0.4 is 20.3 Å². The van der Waals surface area contributed by atoms with Crippen molar-refractivity contribution in [3.63, 3.8) is 0 Å². The summed E-state index contributed by atoms with van der Waals surface area (Å²) < 4.78 is 124. The average Bonchev–Trinajstić information content (AvgIpc) is 3.44. The molecule has 0 unspecified atom stereocenters. The maximum atomic E-state index is 16.4. The van der Waals surface area contributed by atoms with E-state index in [1.165, 1.54) is 29.7 Å². The third-order valence-corrected chi connectivity index (χ3v) is 14.0. The second-order valence-corrected chi connectivity index (χ2v) is 18.0. The number of aromatic nitrogens is 3. The first kappa shape index (κ1) is 35.5. The monoisotopic (exact) mass is 769 g/mol. The second kappa shape index (κ2) is 12.6. The molecule has 7 rings (SSSR count). The molecule has 2 aromatic heterocycles. The number of sulfone groups is 1. The lowest BCUT2D eigenvalue weighted by Gasteiger charge is -2.53. The van der Waals surface area contributed by atoms with Gasteiger partial charge >= 0.3 is 6.18 Å². The van der Waals surface area contributed by atoms with Crippen molar-refractivity contribution in [3.05, 3.63) is 65.9 Å². The number of piperazine rings is 1. The first-order chi connectivity index (χ1) is 24.0. The largest absolute Gasteiger partial charge is 0.417 e. The first-order valence-electron chi connectivity index (χ1n) is 15.9. The summed E-state index contributed by atoms with van der Waals surface area (Å²) >= 11 is 1.23. The quantitative estimate of drug-likeness (QED) is 0.195. The Labute approximate surface area is 294 Å². The van der Waals surface area contributed by atoms with Crippen LogP contribution in [-0.4, -0.2) is 74.5 Å². The van der Waals surface area contributed by atoms with Crippen LogP contribution >= 0.6 is 11.3 Å². The standard InChI is InChI=1S/C32H32F5N7O4S3/c1-17-13-38-14-18(2)44(17)30-42-26(27(49-30)24-9-10-39-29(41-24)40-19-11-31(12-19)15-50(45,46)16-31)20-5-3-8-23(25(20)34)43-51(47,48)28-21(32(35,36)37)6-4-7-22(28)33/h3-10,17-19,38,43H,11-16H2,1-2H3,(H,39,40,41)/t17-,18-/m0/s1. The summed E-state index contributed by atoms with van der Waals surface area (Å²) in [6.45, 7) is 5.31. The molecule has 2 aliphatic heterocycles. The van der Waals surface area contributed by atoms with Gasteiger partial charge in [-0.05, 0) is 57.0 Å². The van der Waals surface area contributed by atoms with Crippen molar-refractivity contribution in [1.82, 2.24) is 20.3 Å². The molecule has 2 saturated heterocycles. The Kier molecular flexibility index (Phi) is 8.78. The van der Waals surface area contributed by atoms with Crippen molar-refractivity contribution in [3.8, 4) is 21.8 Å². The Morgan fingerprint density at radius 1 is 1.00 bits per heavy atom. The molecule has 3 fully saturated rings. The fraction of sp³-hybridized carbons (Fsp3) is 0.406. The first-order valence-corrected chi connectivity index (χ1v) is 20.1. The zero-order valence-corrected chi connectivity index (χ0v) is 29.6. The zero-order valence-electron chi connectivity index (χ0n) is 27.1. The van der Waals surface area contributed by atoms with Crippen LogP contribution in [0.25, 0.3) is 21.8 Å². The van der Waals surface area contributed by atoms with Crippen molar-refractivity contribution in [2.45, 2.75) is 55.9 Å². The molecule has 0 amide bonds. The molecule has 1 saturated carbocycles. The Morgan fingerprint density at radius 2 is 1.69 bits per heavy atom. The highest BCUT2D eigenvalue weighted by Gasteiger charge is 2.56. The number of sulfonamides is 1. The number of nitrogens with one attached hydrogen (secondary N) is 3. The van der Waals surface area contributed by atoms with E-state index in [1.807, 2.05) is 18.6 Å². The lowest BCUT2D eigenvalue weighted by atomic mass is 9.67. The lowest BCUT2D eigenvalue weighted by Crippen LogP contribution is -2.60. The SMILES string of the molecule is C[C@H]1CNC[C@H](C)N1c1nc(-c2cccc(NS(=O)(=O)c3c(F)cccc3C(F)(F)F)c2F)c(-c2ccnc(NC3CC4(C3)CS(=O)(=O)C4)n2)s1. The van der Waals surface area contributed by atoms with E-state index in [4.69, 9.17) is 4.98 Å². The molecule has 0 bridgehead atoms. The van der Waals surface area contributed by atoms with Crippen molar-refractivity contribution in [2.24, 2.45) is 5.41 Å². The molecule has 4 heterocycles. The molecule has 1 spiro atoms. The molecule has 0 radical (unpaired) electrons. The van der Waals surface area contributed by atoms with Crippen molar-refractivity contribution in [2.75, 3.05) is 39.5 Å². The van der Waals surface area contributed by atoms with Gasteiger partial charge in [0.05, 0.1) is 39.0 Å². The van der Waals surface area contributed by atoms with Crippen LogP contribution in [0.1, 0.15) is 32.3 Å². The Hall–Kier alpha value is -3.94. The molecular formula is C32H32F5N7O4S3. The van der Waals surface area contributed by atoms with Gasteiger partial charge in [-0.2, -0.15) is 13.2 Å². The van der Waals surface area contributed by atoms with Crippen LogP contribution in [0, 0.1) is 17.0 Å². The summed E-state index contributed by atoms with van der Waals surface area (Å²) in [4.78, 5) is 14.7. The number of halogens is 5. The van der Waals surface area contributed by atoms with Gasteiger partial charge in [-0.15, -0.1) is 0 Å². The minimum atomic E-state index is -5.28. The minimum absolute atomic E-state index is 0.00364. The van der Waals surface area contributed by atoms with E-state index in [1.54, 1.807) is 6.07 Å². The van der Waals surface area contributed by atoms with Crippen LogP contribution in [0.3, 0.4) is 0 Å². The number of thiazole rings is 1. The van der Waals surface area contributed by atoms with Gasteiger partial charge in [-0.3, -0.25) is 4.72 Å². The third kappa shape index (κ3) is 6.75. The highest BCUT2D eigenvalue weighted by Crippen LogP contribution is 2.51. The third-order valence-electron chi connectivity index (χ3n) is 9.34. The summed E-state index contributed by atoms with van der Waals surface area (Å²) in [5, 5.41) is 7.13. The van der Waals surface area contributed by atoms with E-state index in [2.05, 4.69) is 25.5 Å². The van der Waals surface area contributed by atoms with Gasteiger partial charge in [0.15, 0.2) is 20.8 Å². The second-order valence-electron chi connectivity index (χ2n) is 13.4. The summed E-state index contributed by atoms with van der Waals surface area (Å²) in [5.41, 5.74) is -2.37. The van der Waals surface area contributed by atoms with Gasteiger partial charge in [0, 0.05) is 48.4 Å². The molecule has 3 N–H and O–H groups in total. The summed E-state index contributed by atoms with van der Waals surface area (Å²) in [7, 11) is -8.25. The number of hydrogen-bond donors (Lipinski definition) is 3. The van der Waals surface area contributed by atoms with E-state index < -0.39 is 53.8 Å². The fourth-order valence-electron chi connectivity index (χ4n) is 7.23. The zero-order chi connectivity index (χ0) is 36.5. The fourth-order valence-corrected chi connectivity index (χ4v) is 12.1. The topological polar surface area (TPSA) is 146 Å². The van der Waals surface area contributed by atoms with E-state index in [-0.39, 0.29) is 52.3 Å². The van der Waals surface area contributed by atoms with Gasteiger partial charge in [0.1, 0.15) is 10.7 Å². The molecule has 11 nitrogen and oxygen atoms in total. The molecule has 272 valence electrons. The van der Waals surface area contributed by atoms with Crippen LogP contribution in [0.5, 0.6) is 0 Å². The number of anilines is 3. The van der Waals surface area contributed by atoms with E-state index in [9.17, 15) is 34.4 Å². The van der Waals surface area contributed by atoms with E-state index >= 15 is 4.39 Å². The van der Waals surface area contributed by atoms with Gasteiger partial charge in [-0.25, -0.2) is 40.6 Å². The molecule has 19 heteroatoms. The van der Waals surface area contributed by atoms with Crippen LogP contribution in [0.4, 0.5) is 38.7 Å². The number of benzene rings is 2. The molecule has 4 aromatic rings. The maximum Gasteiger partial charge on any atom is 0.417 e. The van der Waals surface area contributed by atoms with Gasteiger partial charge in [0.2, 0.25) is 5.95 Å². The highest BCUT2D eigenvalue weighted by atomic mass is 32.2. The van der Waals surface area contributed by atoms with Crippen molar-refractivity contribution >= 4 is 48.0 Å². The Morgan fingerprint density at radius 3 is 2.35 bits per heavy atom. The van der Waals surface area contributed by atoms with Gasteiger partial charge in [-0.1, -0.05) is 23.5 Å². The lowest BCUT2D eigenvalue weighted by molar-refractivity contribution is -0.140. The van der Waals surface area contributed by atoms with Crippen LogP contribution in [-0.2, 0) is 26.0 Å².